The summed E-state index contributed by atoms with van der Waals surface area (Å²) in [6.45, 7) is 4.56. The Kier molecular flexibility index (Phi) is 3.80. The zero-order chi connectivity index (χ0) is 13.9. The Balaban J connectivity index is 1.86. The van der Waals surface area contributed by atoms with Crippen LogP contribution in [0.4, 0.5) is 0 Å². The van der Waals surface area contributed by atoms with E-state index in [1.165, 1.54) is 0 Å². The molecule has 5 heteroatoms. The lowest BCUT2D eigenvalue weighted by atomic mass is 10.1. The van der Waals surface area contributed by atoms with Gasteiger partial charge in [-0.1, -0.05) is 12.1 Å². The Morgan fingerprint density at radius 3 is 3.15 bits per heavy atom. The molecule has 0 aliphatic carbocycles. The van der Waals surface area contributed by atoms with Crippen LogP contribution in [0.15, 0.2) is 35.2 Å². The van der Waals surface area contributed by atoms with Crippen molar-refractivity contribution in [3.8, 4) is 11.3 Å². The summed E-state index contributed by atoms with van der Waals surface area (Å²) in [5.41, 5.74) is 4.48. The monoisotopic (exact) mass is 287 g/mol. The van der Waals surface area contributed by atoms with E-state index in [1.54, 1.807) is 11.3 Å². The van der Waals surface area contributed by atoms with Gasteiger partial charge in [-0.2, -0.15) is 0 Å². The zero-order valence-electron chi connectivity index (χ0n) is 11.4. The molecule has 1 aromatic carbocycles. The molecule has 0 spiro atoms. The van der Waals surface area contributed by atoms with Crippen LogP contribution in [0.3, 0.4) is 0 Å². The number of hydrogen-bond acceptors (Lipinski definition) is 4. The van der Waals surface area contributed by atoms with E-state index in [1.807, 2.05) is 40.1 Å². The third kappa shape index (κ3) is 2.59. The van der Waals surface area contributed by atoms with Crippen LogP contribution in [0, 0.1) is 0 Å². The maximum atomic E-state index is 12.6. The fourth-order valence-corrected chi connectivity index (χ4v) is 3.04. The molecule has 20 heavy (non-hydrogen) atoms. The number of benzene rings is 1. The van der Waals surface area contributed by atoms with Crippen molar-refractivity contribution in [3.63, 3.8) is 0 Å². The average molecular weight is 287 g/mol. The van der Waals surface area contributed by atoms with Crippen molar-refractivity contribution < 1.29 is 4.79 Å². The van der Waals surface area contributed by atoms with Gasteiger partial charge in [-0.25, -0.2) is 4.98 Å². The normalized spacial score (nSPS) is 19.1. The number of amides is 1. The molecule has 2 aromatic rings. The highest BCUT2D eigenvalue weighted by atomic mass is 32.1. The minimum atomic E-state index is 0.107. The summed E-state index contributed by atoms with van der Waals surface area (Å²) < 4.78 is 0. The minimum Gasteiger partial charge on any atom is -0.333 e. The zero-order valence-corrected chi connectivity index (χ0v) is 12.2. The number of hydrogen-bond donors (Lipinski definition) is 1. The molecule has 1 N–H and O–H groups in total. The first-order chi connectivity index (χ1) is 9.75. The van der Waals surface area contributed by atoms with Gasteiger partial charge in [0, 0.05) is 42.2 Å². The van der Waals surface area contributed by atoms with Crippen molar-refractivity contribution in [3.05, 3.63) is 40.7 Å². The first kappa shape index (κ1) is 13.3. The van der Waals surface area contributed by atoms with Crippen LogP contribution in [0.25, 0.3) is 11.3 Å². The number of nitrogens with one attached hydrogen (secondary N) is 1. The first-order valence-electron chi connectivity index (χ1n) is 6.76. The third-order valence-electron chi connectivity index (χ3n) is 3.60. The average Bonchev–Trinajstić information content (AvgIpc) is 3.01. The highest BCUT2D eigenvalue weighted by molar-refractivity contribution is 7.07. The highest BCUT2D eigenvalue weighted by Crippen LogP contribution is 2.21. The van der Waals surface area contributed by atoms with Crippen LogP contribution in [0.1, 0.15) is 17.3 Å². The van der Waals surface area contributed by atoms with Gasteiger partial charge in [0.1, 0.15) is 0 Å². The molecular weight excluding hydrogens is 270 g/mol. The maximum Gasteiger partial charge on any atom is 0.254 e. The molecule has 1 saturated heterocycles. The van der Waals surface area contributed by atoms with E-state index < -0.39 is 0 Å². The van der Waals surface area contributed by atoms with Gasteiger partial charge >= 0.3 is 0 Å². The predicted molar refractivity (Wildman–Crippen MR) is 80.9 cm³/mol. The molecular formula is C15H17N3OS. The van der Waals surface area contributed by atoms with Crippen LogP contribution in [0.5, 0.6) is 0 Å². The van der Waals surface area contributed by atoms with Gasteiger partial charge < -0.3 is 10.2 Å². The van der Waals surface area contributed by atoms with E-state index in [4.69, 9.17) is 0 Å². The van der Waals surface area contributed by atoms with E-state index >= 15 is 0 Å². The van der Waals surface area contributed by atoms with Crippen molar-refractivity contribution in [1.29, 1.82) is 0 Å². The lowest BCUT2D eigenvalue weighted by Gasteiger charge is -2.34. The summed E-state index contributed by atoms with van der Waals surface area (Å²) in [5.74, 6) is 0.107. The van der Waals surface area contributed by atoms with Gasteiger partial charge in [-0.15, -0.1) is 11.3 Å². The van der Waals surface area contributed by atoms with Gasteiger partial charge in [-0.3, -0.25) is 4.79 Å². The van der Waals surface area contributed by atoms with E-state index in [9.17, 15) is 4.79 Å². The SMILES string of the molecule is C[C@H]1CNCCN1C(=O)c1cccc(-c2cscn2)c1. The van der Waals surface area contributed by atoms with E-state index in [0.29, 0.717) is 0 Å². The Morgan fingerprint density at radius 2 is 2.40 bits per heavy atom. The summed E-state index contributed by atoms with van der Waals surface area (Å²) in [7, 11) is 0. The summed E-state index contributed by atoms with van der Waals surface area (Å²) in [4.78, 5) is 18.9. The van der Waals surface area contributed by atoms with Crippen molar-refractivity contribution >= 4 is 17.2 Å². The molecule has 2 heterocycles. The molecule has 3 rings (SSSR count). The number of piperazine rings is 1. The smallest absolute Gasteiger partial charge is 0.254 e. The maximum absolute atomic E-state index is 12.6. The van der Waals surface area contributed by atoms with Crippen molar-refractivity contribution in [2.75, 3.05) is 19.6 Å². The molecule has 0 bridgehead atoms. The topological polar surface area (TPSA) is 45.2 Å². The predicted octanol–water partition coefficient (Wildman–Crippen LogP) is 2.24. The molecule has 1 aliphatic rings. The van der Waals surface area contributed by atoms with Crippen molar-refractivity contribution in [2.24, 2.45) is 0 Å². The third-order valence-corrected chi connectivity index (χ3v) is 4.19. The van der Waals surface area contributed by atoms with Gasteiger partial charge in [0.2, 0.25) is 0 Å². The van der Waals surface area contributed by atoms with Crippen LogP contribution in [-0.4, -0.2) is 41.5 Å². The van der Waals surface area contributed by atoms with E-state index in [2.05, 4.69) is 17.2 Å². The number of thiazole rings is 1. The van der Waals surface area contributed by atoms with Gasteiger partial charge in [-0.05, 0) is 19.1 Å². The molecule has 0 saturated carbocycles. The fourth-order valence-electron chi connectivity index (χ4n) is 2.48. The van der Waals surface area contributed by atoms with Crippen molar-refractivity contribution in [1.82, 2.24) is 15.2 Å². The van der Waals surface area contributed by atoms with Crippen molar-refractivity contribution in [2.45, 2.75) is 13.0 Å². The van der Waals surface area contributed by atoms with Gasteiger partial charge in [0.15, 0.2) is 0 Å². The molecule has 0 radical (unpaired) electrons. The quantitative estimate of drug-likeness (QED) is 0.921. The van der Waals surface area contributed by atoms with Crippen LogP contribution >= 0.6 is 11.3 Å². The fraction of sp³-hybridized carbons (Fsp3) is 0.333. The summed E-state index contributed by atoms with van der Waals surface area (Å²) in [6, 6.07) is 7.97. The summed E-state index contributed by atoms with van der Waals surface area (Å²) in [5, 5.41) is 5.30. The van der Waals surface area contributed by atoms with E-state index in [-0.39, 0.29) is 11.9 Å². The number of rotatable bonds is 2. The Morgan fingerprint density at radius 1 is 1.50 bits per heavy atom. The first-order valence-corrected chi connectivity index (χ1v) is 7.70. The number of carbonyl (C=O) groups is 1. The summed E-state index contributed by atoms with van der Waals surface area (Å²) >= 11 is 1.56. The molecule has 4 nitrogen and oxygen atoms in total. The Bertz CT molecular complexity index is 597. The standard InChI is InChI=1S/C15H17N3OS/c1-11-8-16-5-6-18(11)15(19)13-4-2-3-12(7-13)14-9-20-10-17-14/h2-4,7,9-11,16H,5-6,8H2,1H3/t11-/m0/s1. The molecule has 104 valence electrons. The van der Waals surface area contributed by atoms with Crippen LogP contribution in [0.2, 0.25) is 0 Å². The Labute approximate surface area is 122 Å². The van der Waals surface area contributed by atoms with Gasteiger partial charge in [0.25, 0.3) is 5.91 Å². The summed E-state index contributed by atoms with van der Waals surface area (Å²) in [6.07, 6.45) is 0. The van der Waals surface area contributed by atoms with Crippen LogP contribution in [-0.2, 0) is 0 Å². The second-order valence-electron chi connectivity index (χ2n) is 5.01. The number of nitrogens with zero attached hydrogens (tertiary/aromatic N) is 2. The van der Waals surface area contributed by atoms with E-state index in [0.717, 1.165) is 36.5 Å². The van der Waals surface area contributed by atoms with Gasteiger partial charge in [0.05, 0.1) is 11.2 Å². The number of aromatic nitrogens is 1. The largest absolute Gasteiger partial charge is 0.333 e. The van der Waals surface area contributed by atoms with Crippen LogP contribution < -0.4 is 5.32 Å². The lowest BCUT2D eigenvalue weighted by molar-refractivity contribution is 0.0656. The molecule has 0 unspecified atom stereocenters. The second kappa shape index (κ2) is 5.73. The molecule has 1 aromatic heterocycles. The Hall–Kier alpha value is -1.72. The molecule has 1 aliphatic heterocycles. The second-order valence-corrected chi connectivity index (χ2v) is 5.72. The number of carbonyl (C=O) groups excluding carboxylic acids is 1. The molecule has 1 fully saturated rings. The minimum absolute atomic E-state index is 0.107. The molecule has 1 amide bonds. The lowest BCUT2D eigenvalue weighted by Crippen LogP contribution is -2.52. The molecule has 1 atom stereocenters. The highest BCUT2D eigenvalue weighted by Gasteiger charge is 2.24.